The summed E-state index contributed by atoms with van der Waals surface area (Å²) in [5.41, 5.74) is 1.41. The van der Waals surface area contributed by atoms with E-state index in [-0.39, 0.29) is 25.2 Å². The summed E-state index contributed by atoms with van der Waals surface area (Å²) in [5, 5.41) is 9.33. The van der Waals surface area contributed by atoms with E-state index in [1.54, 1.807) is 17.0 Å². The van der Waals surface area contributed by atoms with Crippen molar-refractivity contribution in [3.8, 4) is 5.75 Å². The topological polar surface area (TPSA) is 79.3 Å². The van der Waals surface area contributed by atoms with Crippen LogP contribution >= 0.6 is 0 Å². The number of fused-ring (bicyclic) bond motifs is 3. The molecule has 3 heterocycles. The van der Waals surface area contributed by atoms with Crippen LogP contribution in [0.4, 0.5) is 16.2 Å². The molecule has 0 aliphatic carbocycles. The number of carbonyl (C=O) groups is 2. The van der Waals surface area contributed by atoms with E-state index in [9.17, 15) is 14.7 Å². The maximum atomic E-state index is 12.3. The second-order valence-electron chi connectivity index (χ2n) is 6.65. The molecule has 1 aromatic carbocycles. The maximum absolute atomic E-state index is 12.3. The van der Waals surface area contributed by atoms with Gasteiger partial charge in [0.15, 0.2) is 6.10 Å². The smallest absolute Gasteiger partial charge is 0.415 e. The van der Waals surface area contributed by atoms with Gasteiger partial charge in [0.05, 0.1) is 12.3 Å². The second kappa shape index (κ2) is 5.66. The molecule has 4 rings (SSSR count). The SMILES string of the molecule is C[C@@H]1CCN(c2ccc3c(c2)OC[C@H]2[C@H](CO)OC(=O)N32)C(=O)C1. The fraction of sp³-hybridized carbons (Fsp3) is 0.529. The summed E-state index contributed by atoms with van der Waals surface area (Å²) in [4.78, 5) is 27.7. The van der Waals surface area contributed by atoms with E-state index < -0.39 is 12.2 Å². The van der Waals surface area contributed by atoms with Crippen LogP contribution in [0.3, 0.4) is 0 Å². The first-order chi connectivity index (χ1) is 11.6. The summed E-state index contributed by atoms with van der Waals surface area (Å²) in [5.74, 6) is 1.09. The molecule has 0 radical (unpaired) electrons. The fourth-order valence-corrected chi connectivity index (χ4v) is 3.60. The number of amides is 2. The highest BCUT2D eigenvalue weighted by Gasteiger charge is 2.46. The molecule has 0 aromatic heterocycles. The van der Waals surface area contributed by atoms with Crippen LogP contribution in [-0.4, -0.2) is 49.0 Å². The van der Waals surface area contributed by atoms with E-state index >= 15 is 0 Å². The Hall–Kier alpha value is -2.28. The number of carbonyl (C=O) groups excluding carboxylic acids is 2. The van der Waals surface area contributed by atoms with Crippen molar-refractivity contribution in [3.63, 3.8) is 0 Å². The summed E-state index contributed by atoms with van der Waals surface area (Å²) in [6, 6.07) is 5.10. The minimum atomic E-state index is -0.574. The molecule has 3 atom stereocenters. The van der Waals surface area contributed by atoms with Gasteiger partial charge in [0, 0.05) is 24.7 Å². The van der Waals surface area contributed by atoms with E-state index in [0.717, 1.165) is 12.1 Å². The van der Waals surface area contributed by atoms with Gasteiger partial charge in [-0.1, -0.05) is 6.92 Å². The van der Waals surface area contributed by atoms with E-state index in [1.807, 2.05) is 6.07 Å². The Balaban J connectivity index is 1.63. The summed E-state index contributed by atoms with van der Waals surface area (Å²) in [6.07, 6.45) is 0.480. The minimum Gasteiger partial charge on any atom is -0.489 e. The van der Waals surface area contributed by atoms with Gasteiger partial charge in [-0.25, -0.2) is 4.79 Å². The Bertz CT molecular complexity index is 692. The Morgan fingerprint density at radius 3 is 2.92 bits per heavy atom. The van der Waals surface area contributed by atoms with E-state index in [1.165, 1.54) is 4.90 Å². The molecule has 3 aliphatic rings. The number of rotatable bonds is 2. The Kier molecular flexibility index (Phi) is 3.60. The molecule has 2 amide bonds. The highest BCUT2D eigenvalue weighted by molar-refractivity contribution is 5.97. The standard InChI is InChI=1S/C17H20N2O5/c1-10-4-5-18(16(21)6-10)11-2-3-12-14(7-11)23-9-13-15(8-20)24-17(22)19(12)13/h2-3,7,10,13,15,20H,4-6,8-9H2,1H3/t10-,13+,15+/m1/s1. The highest BCUT2D eigenvalue weighted by Crippen LogP contribution is 2.41. The largest absolute Gasteiger partial charge is 0.489 e. The predicted molar refractivity (Wildman–Crippen MR) is 86.3 cm³/mol. The van der Waals surface area contributed by atoms with Crippen molar-refractivity contribution in [3.05, 3.63) is 18.2 Å². The van der Waals surface area contributed by atoms with Crippen LogP contribution in [0.25, 0.3) is 0 Å². The van der Waals surface area contributed by atoms with E-state index in [0.29, 0.717) is 30.3 Å². The van der Waals surface area contributed by atoms with Crippen molar-refractivity contribution in [2.45, 2.75) is 31.9 Å². The Morgan fingerprint density at radius 1 is 1.33 bits per heavy atom. The lowest BCUT2D eigenvalue weighted by molar-refractivity contribution is -0.120. The quantitative estimate of drug-likeness (QED) is 0.888. The number of hydrogen-bond donors (Lipinski definition) is 1. The first-order valence-electron chi connectivity index (χ1n) is 8.26. The molecule has 1 N–H and O–H groups in total. The third-order valence-corrected chi connectivity index (χ3v) is 4.98. The Morgan fingerprint density at radius 2 is 2.17 bits per heavy atom. The lowest BCUT2D eigenvalue weighted by Gasteiger charge is -2.33. The van der Waals surface area contributed by atoms with Gasteiger partial charge in [0.25, 0.3) is 0 Å². The van der Waals surface area contributed by atoms with Crippen LogP contribution in [-0.2, 0) is 9.53 Å². The molecule has 7 heteroatoms. The number of benzene rings is 1. The van der Waals surface area contributed by atoms with E-state index in [2.05, 4.69) is 6.92 Å². The van der Waals surface area contributed by atoms with Gasteiger partial charge in [0.2, 0.25) is 5.91 Å². The predicted octanol–water partition coefficient (Wildman–Crippen LogP) is 1.53. The minimum absolute atomic E-state index is 0.114. The third kappa shape index (κ3) is 2.31. The van der Waals surface area contributed by atoms with E-state index in [4.69, 9.17) is 9.47 Å². The van der Waals surface area contributed by atoms with Crippen LogP contribution in [0.2, 0.25) is 0 Å². The first kappa shape index (κ1) is 15.3. The van der Waals surface area contributed by atoms with Crippen LogP contribution in [0, 0.1) is 5.92 Å². The first-order valence-corrected chi connectivity index (χ1v) is 8.26. The van der Waals surface area contributed by atoms with Crippen molar-refractivity contribution in [1.82, 2.24) is 0 Å². The Labute approximate surface area is 139 Å². The number of ether oxygens (including phenoxy) is 2. The summed E-state index contributed by atoms with van der Waals surface area (Å²) < 4.78 is 11.0. The number of hydrogen-bond acceptors (Lipinski definition) is 5. The van der Waals surface area contributed by atoms with Crippen LogP contribution in [0.15, 0.2) is 18.2 Å². The number of aliphatic hydroxyl groups is 1. The highest BCUT2D eigenvalue weighted by atomic mass is 16.6. The van der Waals surface area contributed by atoms with Gasteiger partial charge in [-0.3, -0.25) is 9.69 Å². The number of aliphatic hydroxyl groups excluding tert-OH is 1. The maximum Gasteiger partial charge on any atom is 0.415 e. The lowest BCUT2D eigenvalue weighted by Crippen LogP contribution is -2.45. The number of anilines is 2. The number of piperidine rings is 1. The molecule has 2 saturated heterocycles. The number of cyclic esters (lactones) is 1. The van der Waals surface area contributed by atoms with Gasteiger partial charge < -0.3 is 19.5 Å². The molecular formula is C17H20N2O5. The van der Waals surface area contributed by atoms with Crippen molar-refractivity contribution in [2.24, 2.45) is 5.92 Å². The summed E-state index contributed by atoms with van der Waals surface area (Å²) in [6.45, 7) is 2.81. The molecule has 7 nitrogen and oxygen atoms in total. The van der Waals surface area contributed by atoms with Crippen LogP contribution in [0.5, 0.6) is 5.75 Å². The molecule has 2 fully saturated rings. The van der Waals surface area contributed by atoms with Crippen LogP contribution in [0.1, 0.15) is 19.8 Å². The van der Waals surface area contributed by atoms with Gasteiger partial charge in [-0.2, -0.15) is 0 Å². The molecule has 1 aromatic rings. The molecule has 0 bridgehead atoms. The normalized spacial score (nSPS) is 29.0. The molecule has 0 saturated carbocycles. The van der Waals surface area contributed by atoms with Gasteiger partial charge in [0.1, 0.15) is 18.4 Å². The number of nitrogens with zero attached hydrogens (tertiary/aromatic N) is 2. The molecule has 24 heavy (non-hydrogen) atoms. The zero-order valence-electron chi connectivity index (χ0n) is 13.5. The van der Waals surface area contributed by atoms with Crippen molar-refractivity contribution in [2.75, 3.05) is 29.6 Å². The molecule has 0 spiro atoms. The zero-order chi connectivity index (χ0) is 16.8. The zero-order valence-corrected chi connectivity index (χ0v) is 13.5. The monoisotopic (exact) mass is 332 g/mol. The fourth-order valence-electron chi connectivity index (χ4n) is 3.60. The molecule has 128 valence electrons. The van der Waals surface area contributed by atoms with Crippen molar-refractivity contribution >= 4 is 23.4 Å². The molecule has 0 unspecified atom stereocenters. The van der Waals surface area contributed by atoms with Crippen molar-refractivity contribution < 1.29 is 24.2 Å². The lowest BCUT2D eigenvalue weighted by atomic mass is 9.98. The van der Waals surface area contributed by atoms with Gasteiger partial charge >= 0.3 is 6.09 Å². The second-order valence-corrected chi connectivity index (χ2v) is 6.65. The third-order valence-electron chi connectivity index (χ3n) is 4.98. The van der Waals surface area contributed by atoms with Crippen LogP contribution < -0.4 is 14.5 Å². The van der Waals surface area contributed by atoms with Gasteiger partial charge in [-0.05, 0) is 24.5 Å². The van der Waals surface area contributed by atoms with Crippen molar-refractivity contribution in [1.29, 1.82) is 0 Å². The summed E-state index contributed by atoms with van der Waals surface area (Å²) >= 11 is 0. The average Bonchev–Trinajstić information content (AvgIpc) is 2.91. The molecule has 3 aliphatic heterocycles. The average molecular weight is 332 g/mol. The molecular weight excluding hydrogens is 312 g/mol. The summed E-state index contributed by atoms with van der Waals surface area (Å²) in [7, 11) is 0. The van der Waals surface area contributed by atoms with Gasteiger partial charge in [-0.15, -0.1) is 0 Å².